The number of alkyl halides is 3. The van der Waals surface area contributed by atoms with Crippen molar-refractivity contribution in [2.45, 2.75) is 13.1 Å². The van der Waals surface area contributed by atoms with Crippen molar-refractivity contribution >= 4 is 11.6 Å². The van der Waals surface area contributed by atoms with Gasteiger partial charge in [-0.2, -0.15) is 17.6 Å². The van der Waals surface area contributed by atoms with Gasteiger partial charge in [0, 0.05) is 6.54 Å². The van der Waals surface area contributed by atoms with E-state index in [4.69, 9.17) is 0 Å². The first-order chi connectivity index (χ1) is 9.56. The van der Waals surface area contributed by atoms with Crippen molar-refractivity contribution in [1.29, 1.82) is 0 Å². The Balaban J connectivity index is 3.26. The smallest absolute Gasteiger partial charge is 0.330 e. The van der Waals surface area contributed by atoms with Crippen LogP contribution in [0.4, 0.5) is 27.6 Å². The third-order valence-electron chi connectivity index (χ3n) is 2.48. The first kappa shape index (κ1) is 16.8. The average Bonchev–Trinajstić information content (AvgIpc) is 2.36. The third-order valence-corrected chi connectivity index (χ3v) is 2.48. The summed E-state index contributed by atoms with van der Waals surface area (Å²) in [6.07, 6.45) is -4.73. The normalized spacial score (nSPS) is 11.3. The van der Waals surface area contributed by atoms with Gasteiger partial charge < -0.3 is 4.90 Å². The lowest BCUT2D eigenvalue weighted by molar-refractivity contribution is -0.387. The number of halogens is 5. The molecule has 0 fully saturated rings. The molecule has 0 saturated carbocycles. The second-order valence-electron chi connectivity index (χ2n) is 3.98. The van der Waals surface area contributed by atoms with Crippen LogP contribution in [0.25, 0.3) is 0 Å². The maximum absolute atomic E-state index is 13.7. The topological polar surface area (TPSA) is 63.5 Å². The number of nitro benzene ring substituents is 1. The molecule has 0 N–H and O–H groups in total. The monoisotopic (exact) mass is 312 g/mol. The molecule has 116 valence electrons. The zero-order valence-electron chi connectivity index (χ0n) is 10.6. The number of carbonyl (C=O) groups excluding carboxylic acids is 1. The summed E-state index contributed by atoms with van der Waals surface area (Å²) in [5.41, 5.74) is -2.44. The summed E-state index contributed by atoms with van der Waals surface area (Å²) in [5.74, 6) is -4.45. The molecule has 1 rings (SSSR count). The van der Waals surface area contributed by atoms with E-state index in [1.165, 1.54) is 6.92 Å². The summed E-state index contributed by atoms with van der Waals surface area (Å²) in [7, 11) is 0. The zero-order valence-corrected chi connectivity index (χ0v) is 10.6. The molecule has 0 bridgehead atoms. The fraction of sp³-hybridized carbons (Fsp3) is 0.364. The molecule has 0 aliphatic carbocycles. The number of nitrogens with zero attached hydrogens (tertiary/aromatic N) is 2. The molecule has 0 saturated heterocycles. The Morgan fingerprint density at radius 3 is 2.33 bits per heavy atom. The predicted molar refractivity (Wildman–Crippen MR) is 60.6 cm³/mol. The van der Waals surface area contributed by atoms with Crippen molar-refractivity contribution in [3.05, 3.63) is 39.4 Å². The number of benzene rings is 1. The number of rotatable bonds is 4. The minimum Gasteiger partial charge on any atom is -0.330 e. The average molecular weight is 312 g/mol. The number of hydrogen-bond donors (Lipinski definition) is 0. The fourth-order valence-electron chi connectivity index (χ4n) is 1.58. The Hall–Kier alpha value is -2.26. The fourth-order valence-corrected chi connectivity index (χ4v) is 1.58. The maximum Gasteiger partial charge on any atom is 0.406 e. The quantitative estimate of drug-likeness (QED) is 0.488. The number of carbonyl (C=O) groups is 1. The maximum atomic E-state index is 13.7. The van der Waals surface area contributed by atoms with E-state index >= 15 is 0 Å². The molecule has 0 heterocycles. The van der Waals surface area contributed by atoms with E-state index < -0.39 is 53.0 Å². The lowest BCUT2D eigenvalue weighted by Gasteiger charge is -2.22. The molecule has 0 aliphatic heterocycles. The van der Waals surface area contributed by atoms with Crippen LogP contribution < -0.4 is 0 Å². The SMILES string of the molecule is CCN(CC(F)(F)F)C(=O)c1cc(F)cc([N+](=O)[O-])c1F. The van der Waals surface area contributed by atoms with Crippen LogP contribution in [-0.4, -0.2) is 35.0 Å². The Morgan fingerprint density at radius 2 is 1.90 bits per heavy atom. The minimum atomic E-state index is -4.73. The van der Waals surface area contributed by atoms with Crippen molar-refractivity contribution in [1.82, 2.24) is 4.90 Å². The third kappa shape index (κ3) is 4.10. The van der Waals surface area contributed by atoms with Gasteiger partial charge in [-0.25, -0.2) is 4.39 Å². The molecule has 0 aromatic heterocycles. The van der Waals surface area contributed by atoms with Gasteiger partial charge in [0.25, 0.3) is 5.91 Å². The number of nitro groups is 1. The molecule has 10 heteroatoms. The van der Waals surface area contributed by atoms with Gasteiger partial charge in [-0.1, -0.05) is 0 Å². The molecule has 21 heavy (non-hydrogen) atoms. The summed E-state index contributed by atoms with van der Waals surface area (Å²) in [4.78, 5) is 21.3. The molecule has 0 spiro atoms. The van der Waals surface area contributed by atoms with Crippen LogP contribution in [0.2, 0.25) is 0 Å². The van der Waals surface area contributed by atoms with Crippen LogP contribution in [0, 0.1) is 21.7 Å². The van der Waals surface area contributed by atoms with Crippen LogP contribution in [0.5, 0.6) is 0 Å². The molecule has 0 aliphatic rings. The van der Waals surface area contributed by atoms with E-state index in [1.807, 2.05) is 0 Å². The highest BCUT2D eigenvalue weighted by atomic mass is 19.4. The summed E-state index contributed by atoms with van der Waals surface area (Å²) >= 11 is 0. The second kappa shape index (κ2) is 6.02. The van der Waals surface area contributed by atoms with Gasteiger partial charge in [-0.15, -0.1) is 0 Å². The molecule has 0 atom stereocenters. The van der Waals surface area contributed by atoms with Crippen molar-refractivity contribution in [2.75, 3.05) is 13.1 Å². The first-order valence-corrected chi connectivity index (χ1v) is 5.56. The van der Waals surface area contributed by atoms with Crippen molar-refractivity contribution in [2.24, 2.45) is 0 Å². The summed E-state index contributed by atoms with van der Waals surface area (Å²) in [6.45, 7) is -0.899. The molecule has 0 radical (unpaired) electrons. The largest absolute Gasteiger partial charge is 0.406 e. The number of hydrogen-bond acceptors (Lipinski definition) is 3. The van der Waals surface area contributed by atoms with E-state index in [1.54, 1.807) is 0 Å². The van der Waals surface area contributed by atoms with Crippen LogP contribution in [0.3, 0.4) is 0 Å². The highest BCUT2D eigenvalue weighted by Gasteiger charge is 2.34. The van der Waals surface area contributed by atoms with Crippen LogP contribution >= 0.6 is 0 Å². The van der Waals surface area contributed by atoms with Crippen molar-refractivity contribution in [3.63, 3.8) is 0 Å². The van der Waals surface area contributed by atoms with E-state index in [2.05, 4.69) is 0 Å². The van der Waals surface area contributed by atoms with Gasteiger partial charge in [-0.05, 0) is 13.0 Å². The summed E-state index contributed by atoms with van der Waals surface area (Å²) in [5, 5.41) is 10.5. The minimum absolute atomic E-state index is 0.210. The van der Waals surface area contributed by atoms with Crippen LogP contribution in [-0.2, 0) is 0 Å². The lowest BCUT2D eigenvalue weighted by Crippen LogP contribution is -2.39. The predicted octanol–water partition coefficient (Wildman–Crippen LogP) is 2.90. The van der Waals surface area contributed by atoms with Gasteiger partial charge in [0.05, 0.1) is 16.6 Å². The number of amides is 1. The Bertz CT molecular complexity index is 574. The molecule has 1 amide bonds. The summed E-state index contributed by atoms with van der Waals surface area (Å²) in [6, 6.07) is 0.565. The van der Waals surface area contributed by atoms with E-state index in [0.29, 0.717) is 6.07 Å². The van der Waals surface area contributed by atoms with Crippen LogP contribution in [0.1, 0.15) is 17.3 Å². The molecular weight excluding hydrogens is 303 g/mol. The molecule has 0 unspecified atom stereocenters. The standard InChI is InChI=1S/C11H9F5N2O3/c1-2-17(5-11(14,15)16)10(19)7-3-6(12)4-8(9(7)13)18(20)21/h3-4H,2,5H2,1H3. The molecule has 1 aromatic carbocycles. The van der Waals surface area contributed by atoms with Crippen molar-refractivity contribution < 1.29 is 31.7 Å². The highest BCUT2D eigenvalue weighted by Crippen LogP contribution is 2.25. The Labute approximate surface area is 115 Å². The first-order valence-electron chi connectivity index (χ1n) is 5.56. The van der Waals surface area contributed by atoms with Gasteiger partial charge >= 0.3 is 11.9 Å². The van der Waals surface area contributed by atoms with Gasteiger partial charge in [0.1, 0.15) is 12.4 Å². The molecule has 5 nitrogen and oxygen atoms in total. The molecular formula is C11H9F5N2O3. The zero-order chi connectivity index (χ0) is 16.4. The Morgan fingerprint density at radius 1 is 1.33 bits per heavy atom. The van der Waals surface area contributed by atoms with E-state index in [9.17, 15) is 36.9 Å². The van der Waals surface area contributed by atoms with E-state index in [-0.39, 0.29) is 11.0 Å². The molecule has 1 aromatic rings. The summed E-state index contributed by atoms with van der Waals surface area (Å²) < 4.78 is 63.8. The Kier molecular flexibility index (Phi) is 4.81. The van der Waals surface area contributed by atoms with E-state index in [0.717, 1.165) is 0 Å². The lowest BCUT2D eigenvalue weighted by atomic mass is 10.1. The van der Waals surface area contributed by atoms with Crippen LogP contribution in [0.15, 0.2) is 12.1 Å². The highest BCUT2D eigenvalue weighted by molar-refractivity contribution is 5.95. The second-order valence-corrected chi connectivity index (χ2v) is 3.98. The van der Waals surface area contributed by atoms with Gasteiger partial charge in [-0.3, -0.25) is 14.9 Å². The van der Waals surface area contributed by atoms with Crippen molar-refractivity contribution in [3.8, 4) is 0 Å². The van der Waals surface area contributed by atoms with Gasteiger partial charge in [0.2, 0.25) is 5.82 Å². The van der Waals surface area contributed by atoms with Gasteiger partial charge in [0.15, 0.2) is 0 Å².